The molecule has 1 aromatic carbocycles. The molecule has 0 saturated heterocycles. The first-order valence-corrected chi connectivity index (χ1v) is 12.2. The smallest absolute Gasteiger partial charge is 0.341 e. The number of nitro groups is 1. The van der Waals surface area contributed by atoms with Crippen LogP contribution in [0.1, 0.15) is 46.8 Å². The molecule has 0 bridgehead atoms. The minimum atomic E-state index is -0.678. The number of non-ortho nitro benzene ring substituents is 1. The maximum Gasteiger partial charge on any atom is 0.341 e. The van der Waals surface area contributed by atoms with Crippen molar-refractivity contribution in [3.05, 3.63) is 73.8 Å². The number of ether oxygens (including phenoxy) is 1. The Labute approximate surface area is 211 Å². The Morgan fingerprint density at radius 3 is 2.89 bits per heavy atom. The summed E-state index contributed by atoms with van der Waals surface area (Å²) in [6.07, 6.45) is 3.77. The van der Waals surface area contributed by atoms with Crippen molar-refractivity contribution < 1.29 is 23.7 Å². The number of hydrogen-bond acceptors (Lipinski definition) is 8. The standard InChI is InChI=1S/C26H23N3O6S/c1-3-34-26(31)23-20-9-7-15(2)11-22(20)36-25(23)28-24(30)17(14-27)13-19-8-10-21(35-19)16-5-4-6-18(12-16)29(32)33/h4-6,8,10,12-13,15H,3,7,9,11H2,1-2H3,(H,28,30)/b17-13+. The largest absolute Gasteiger partial charge is 0.462 e. The molecule has 0 aliphatic heterocycles. The van der Waals surface area contributed by atoms with Gasteiger partial charge < -0.3 is 14.5 Å². The van der Waals surface area contributed by atoms with E-state index < -0.39 is 16.8 Å². The Bertz CT molecular complexity index is 1410. The molecule has 10 heteroatoms. The summed E-state index contributed by atoms with van der Waals surface area (Å²) in [5.41, 5.74) is 1.46. The normalized spacial score (nSPS) is 15.0. The number of anilines is 1. The van der Waals surface area contributed by atoms with Gasteiger partial charge in [-0.25, -0.2) is 4.79 Å². The third-order valence-corrected chi connectivity index (χ3v) is 7.01. The van der Waals surface area contributed by atoms with Gasteiger partial charge in [0, 0.05) is 28.6 Å². The van der Waals surface area contributed by atoms with Crippen LogP contribution in [0.3, 0.4) is 0 Å². The Kier molecular flexibility index (Phi) is 7.31. The van der Waals surface area contributed by atoms with Crippen LogP contribution < -0.4 is 5.32 Å². The van der Waals surface area contributed by atoms with Crippen molar-refractivity contribution in [2.45, 2.75) is 33.1 Å². The van der Waals surface area contributed by atoms with Gasteiger partial charge in [-0.1, -0.05) is 19.1 Å². The molecule has 3 aromatic rings. The molecule has 36 heavy (non-hydrogen) atoms. The Morgan fingerprint density at radius 1 is 1.36 bits per heavy atom. The van der Waals surface area contributed by atoms with Crippen LogP contribution in [0.5, 0.6) is 0 Å². The summed E-state index contributed by atoms with van der Waals surface area (Å²) in [6.45, 7) is 4.08. The highest BCUT2D eigenvalue weighted by molar-refractivity contribution is 7.17. The van der Waals surface area contributed by atoms with Gasteiger partial charge in [0.05, 0.1) is 17.1 Å². The van der Waals surface area contributed by atoms with Gasteiger partial charge in [0.15, 0.2) is 0 Å². The molecule has 1 unspecified atom stereocenters. The van der Waals surface area contributed by atoms with E-state index in [9.17, 15) is 25.0 Å². The summed E-state index contributed by atoms with van der Waals surface area (Å²) in [6, 6.07) is 11.0. The fourth-order valence-electron chi connectivity index (χ4n) is 4.08. The molecule has 2 heterocycles. The minimum absolute atomic E-state index is 0.0801. The lowest BCUT2D eigenvalue weighted by molar-refractivity contribution is -0.384. The predicted octanol–water partition coefficient (Wildman–Crippen LogP) is 5.76. The third kappa shape index (κ3) is 5.21. The monoisotopic (exact) mass is 505 g/mol. The lowest BCUT2D eigenvalue weighted by atomic mass is 9.88. The molecule has 1 atom stereocenters. The van der Waals surface area contributed by atoms with E-state index in [2.05, 4.69) is 12.2 Å². The molecule has 9 nitrogen and oxygen atoms in total. The van der Waals surface area contributed by atoms with Crippen LogP contribution in [0.25, 0.3) is 17.4 Å². The zero-order chi connectivity index (χ0) is 25.8. The number of fused-ring (bicyclic) bond motifs is 1. The number of hydrogen-bond donors (Lipinski definition) is 1. The molecular formula is C26H23N3O6S. The zero-order valence-electron chi connectivity index (χ0n) is 19.7. The van der Waals surface area contributed by atoms with Gasteiger partial charge in [-0.2, -0.15) is 5.26 Å². The van der Waals surface area contributed by atoms with Crippen molar-refractivity contribution in [2.75, 3.05) is 11.9 Å². The summed E-state index contributed by atoms with van der Waals surface area (Å²) in [7, 11) is 0. The average Bonchev–Trinajstić information content (AvgIpc) is 3.46. The van der Waals surface area contributed by atoms with E-state index in [1.165, 1.54) is 29.5 Å². The number of carbonyl (C=O) groups is 2. The van der Waals surface area contributed by atoms with Gasteiger partial charge in [0.25, 0.3) is 11.6 Å². The molecule has 184 valence electrons. The van der Waals surface area contributed by atoms with Crippen molar-refractivity contribution >= 4 is 40.0 Å². The molecule has 1 N–H and O–H groups in total. The SMILES string of the molecule is CCOC(=O)c1c(NC(=O)/C(C#N)=C/c2ccc(-c3cccc([N+](=O)[O-])c3)o2)sc2c1CCC(C)C2. The predicted molar refractivity (Wildman–Crippen MR) is 134 cm³/mol. The van der Waals surface area contributed by atoms with Crippen molar-refractivity contribution in [3.8, 4) is 17.4 Å². The second-order valence-corrected chi connectivity index (χ2v) is 9.51. The van der Waals surface area contributed by atoms with Crippen molar-refractivity contribution in [2.24, 2.45) is 5.92 Å². The number of nitro benzene ring substituents is 1. The van der Waals surface area contributed by atoms with Gasteiger partial charge in [0.2, 0.25) is 0 Å². The van der Waals surface area contributed by atoms with Crippen LogP contribution in [0, 0.1) is 27.4 Å². The number of thiophene rings is 1. The molecular weight excluding hydrogens is 482 g/mol. The fraction of sp³-hybridized carbons (Fsp3) is 0.269. The lowest BCUT2D eigenvalue weighted by Gasteiger charge is -2.18. The van der Waals surface area contributed by atoms with Gasteiger partial charge in [-0.05, 0) is 49.8 Å². The molecule has 0 saturated carbocycles. The second kappa shape index (κ2) is 10.6. The highest BCUT2D eigenvalue weighted by Crippen LogP contribution is 2.40. The van der Waals surface area contributed by atoms with Crippen molar-refractivity contribution in [1.29, 1.82) is 5.26 Å². The first kappa shape index (κ1) is 24.9. The summed E-state index contributed by atoms with van der Waals surface area (Å²) in [4.78, 5) is 37.3. The minimum Gasteiger partial charge on any atom is -0.462 e. The first-order chi connectivity index (χ1) is 17.3. The first-order valence-electron chi connectivity index (χ1n) is 11.4. The van der Waals surface area contributed by atoms with Crippen LogP contribution in [0.2, 0.25) is 0 Å². The summed E-state index contributed by atoms with van der Waals surface area (Å²) in [5, 5.41) is 23.8. The molecule has 2 aromatic heterocycles. The Balaban J connectivity index is 1.60. The van der Waals surface area contributed by atoms with Gasteiger partial charge in [0.1, 0.15) is 28.2 Å². The number of carbonyl (C=O) groups excluding carboxylic acids is 2. The lowest BCUT2D eigenvalue weighted by Crippen LogP contribution is -2.17. The van der Waals surface area contributed by atoms with E-state index in [1.54, 1.807) is 31.2 Å². The van der Waals surface area contributed by atoms with Crippen LogP contribution in [-0.4, -0.2) is 23.4 Å². The highest BCUT2D eigenvalue weighted by Gasteiger charge is 2.29. The van der Waals surface area contributed by atoms with Crippen LogP contribution in [0.4, 0.5) is 10.7 Å². The molecule has 1 amide bonds. The molecule has 1 aliphatic rings. The quantitative estimate of drug-likeness (QED) is 0.142. The van der Waals surface area contributed by atoms with E-state index in [-0.39, 0.29) is 23.6 Å². The van der Waals surface area contributed by atoms with Gasteiger partial charge in [-0.15, -0.1) is 11.3 Å². The van der Waals surface area contributed by atoms with E-state index in [4.69, 9.17) is 9.15 Å². The van der Waals surface area contributed by atoms with Crippen LogP contribution >= 0.6 is 11.3 Å². The maximum absolute atomic E-state index is 13.0. The summed E-state index contributed by atoms with van der Waals surface area (Å²) < 4.78 is 10.9. The number of nitriles is 1. The second-order valence-electron chi connectivity index (χ2n) is 8.41. The van der Waals surface area contributed by atoms with Gasteiger partial charge >= 0.3 is 5.97 Å². The molecule has 0 fully saturated rings. The van der Waals surface area contributed by atoms with Crippen molar-refractivity contribution in [3.63, 3.8) is 0 Å². The number of rotatable bonds is 7. The van der Waals surface area contributed by atoms with E-state index in [1.807, 2.05) is 6.07 Å². The molecule has 4 rings (SSSR count). The Morgan fingerprint density at radius 2 is 2.17 bits per heavy atom. The molecule has 0 spiro atoms. The number of nitrogens with one attached hydrogen (secondary N) is 1. The number of furan rings is 1. The highest BCUT2D eigenvalue weighted by atomic mass is 32.1. The molecule has 0 radical (unpaired) electrons. The topological polar surface area (TPSA) is 135 Å². The number of amides is 1. The fourth-order valence-corrected chi connectivity index (χ4v) is 5.47. The Hall–Kier alpha value is -4.23. The molecule has 1 aliphatic carbocycles. The van der Waals surface area contributed by atoms with E-state index in [0.717, 1.165) is 29.7 Å². The van der Waals surface area contributed by atoms with Crippen LogP contribution in [-0.2, 0) is 22.4 Å². The van der Waals surface area contributed by atoms with Gasteiger partial charge in [-0.3, -0.25) is 14.9 Å². The van der Waals surface area contributed by atoms with Crippen molar-refractivity contribution in [1.82, 2.24) is 0 Å². The summed E-state index contributed by atoms with van der Waals surface area (Å²) in [5.74, 6) is -0.109. The zero-order valence-corrected chi connectivity index (χ0v) is 20.5. The number of nitrogens with zero attached hydrogens (tertiary/aromatic N) is 2. The van der Waals surface area contributed by atoms with Crippen LogP contribution in [0.15, 0.2) is 46.4 Å². The maximum atomic E-state index is 13.0. The number of esters is 1. The number of benzene rings is 1. The van der Waals surface area contributed by atoms with E-state index in [0.29, 0.717) is 27.8 Å². The average molecular weight is 506 g/mol. The third-order valence-electron chi connectivity index (χ3n) is 5.84. The summed E-state index contributed by atoms with van der Waals surface area (Å²) >= 11 is 1.34. The van der Waals surface area contributed by atoms with E-state index >= 15 is 0 Å².